The molecule has 0 bridgehead atoms. The first-order valence-electron chi connectivity index (χ1n) is 14.0. The Kier molecular flexibility index (Phi) is 22.1. The van der Waals surface area contributed by atoms with Crippen LogP contribution in [0.25, 0.3) is 0 Å². The maximum atomic E-state index is 9.63. The van der Waals surface area contributed by atoms with Gasteiger partial charge in [-0.15, -0.1) is 0 Å². The van der Waals surface area contributed by atoms with Crippen LogP contribution >= 0.6 is 0 Å². The molecule has 0 rings (SSSR count). The number of aliphatic hydroxyl groups is 2. The Labute approximate surface area is 206 Å². The topological polar surface area (TPSA) is 68.2 Å². The zero-order valence-electron chi connectivity index (χ0n) is 22.9. The fourth-order valence-corrected chi connectivity index (χ4v) is 4.35. The Hall–Kier alpha value is -0.200. The summed E-state index contributed by atoms with van der Waals surface area (Å²) in [6, 6.07) is 0. The Morgan fingerprint density at radius 1 is 0.545 bits per heavy atom. The number of hydrogen-bond acceptors (Lipinski definition) is 5. The first-order valence-corrected chi connectivity index (χ1v) is 14.0. The molecule has 0 saturated carbocycles. The van der Waals surface area contributed by atoms with Crippen molar-refractivity contribution in [2.45, 2.75) is 156 Å². The van der Waals surface area contributed by atoms with E-state index in [4.69, 9.17) is 14.2 Å². The van der Waals surface area contributed by atoms with Crippen molar-refractivity contribution in [3.05, 3.63) is 0 Å². The predicted molar refractivity (Wildman–Crippen MR) is 138 cm³/mol. The van der Waals surface area contributed by atoms with Gasteiger partial charge in [-0.25, -0.2) is 0 Å². The molecule has 0 aromatic carbocycles. The zero-order chi connectivity index (χ0) is 24.9. The van der Waals surface area contributed by atoms with Gasteiger partial charge in [0.1, 0.15) is 0 Å². The smallest absolute Gasteiger partial charge is 0.160 e. The van der Waals surface area contributed by atoms with E-state index in [-0.39, 0.29) is 24.8 Å². The maximum absolute atomic E-state index is 9.63. The van der Waals surface area contributed by atoms with Gasteiger partial charge in [-0.3, -0.25) is 0 Å². The van der Waals surface area contributed by atoms with Gasteiger partial charge in [0.05, 0.1) is 12.2 Å². The third-order valence-corrected chi connectivity index (χ3v) is 6.17. The van der Waals surface area contributed by atoms with Crippen molar-refractivity contribution < 1.29 is 24.4 Å². The SMILES string of the molecule is CCCCCOC(CCCC(C)CC(C)O)OC(CCCC(C)CC(C)O)OCCCCC. The van der Waals surface area contributed by atoms with Crippen LogP contribution in [0.1, 0.15) is 131 Å². The third-order valence-electron chi connectivity index (χ3n) is 6.17. The van der Waals surface area contributed by atoms with E-state index in [0.717, 1.165) is 77.4 Å². The van der Waals surface area contributed by atoms with Gasteiger partial charge in [0.25, 0.3) is 0 Å². The van der Waals surface area contributed by atoms with Crippen molar-refractivity contribution in [2.24, 2.45) is 11.8 Å². The van der Waals surface area contributed by atoms with Crippen molar-refractivity contribution in [1.29, 1.82) is 0 Å². The summed E-state index contributed by atoms with van der Waals surface area (Å²) in [6.45, 7) is 14.0. The molecule has 0 aromatic heterocycles. The molecule has 0 aliphatic carbocycles. The molecule has 6 atom stereocenters. The van der Waals surface area contributed by atoms with E-state index in [0.29, 0.717) is 11.8 Å². The normalized spacial score (nSPS) is 17.5. The lowest BCUT2D eigenvalue weighted by Gasteiger charge is -2.26. The average Bonchev–Trinajstić information content (AvgIpc) is 2.72. The van der Waals surface area contributed by atoms with Crippen molar-refractivity contribution in [2.75, 3.05) is 13.2 Å². The lowest BCUT2D eigenvalue weighted by molar-refractivity contribution is -0.250. The van der Waals surface area contributed by atoms with Crippen LogP contribution in [0.15, 0.2) is 0 Å². The molecule has 5 heteroatoms. The Morgan fingerprint density at radius 3 is 1.27 bits per heavy atom. The minimum atomic E-state index is -0.241. The third kappa shape index (κ3) is 22.0. The molecule has 0 saturated heterocycles. The van der Waals surface area contributed by atoms with E-state index in [2.05, 4.69) is 27.7 Å². The molecule has 2 N–H and O–H groups in total. The van der Waals surface area contributed by atoms with E-state index in [9.17, 15) is 10.2 Å². The van der Waals surface area contributed by atoms with Gasteiger partial charge in [-0.05, 0) is 77.0 Å². The molecule has 0 radical (unpaired) electrons. The second-order valence-corrected chi connectivity index (χ2v) is 10.4. The van der Waals surface area contributed by atoms with E-state index < -0.39 is 0 Å². The molecule has 0 aliphatic rings. The Morgan fingerprint density at radius 2 is 0.939 bits per heavy atom. The largest absolute Gasteiger partial charge is 0.393 e. The number of rotatable bonds is 24. The van der Waals surface area contributed by atoms with E-state index >= 15 is 0 Å². The molecule has 6 unspecified atom stereocenters. The van der Waals surface area contributed by atoms with E-state index in [1.807, 2.05) is 13.8 Å². The summed E-state index contributed by atoms with van der Waals surface area (Å²) in [7, 11) is 0. The van der Waals surface area contributed by atoms with Gasteiger partial charge >= 0.3 is 0 Å². The molecule has 33 heavy (non-hydrogen) atoms. The molecule has 0 fully saturated rings. The minimum absolute atomic E-state index is 0.230. The lowest BCUT2D eigenvalue weighted by Crippen LogP contribution is -2.28. The molecule has 0 spiro atoms. The highest BCUT2D eigenvalue weighted by Crippen LogP contribution is 2.21. The van der Waals surface area contributed by atoms with Gasteiger partial charge in [0.2, 0.25) is 0 Å². The number of ether oxygens (including phenoxy) is 3. The summed E-state index contributed by atoms with van der Waals surface area (Å²) < 4.78 is 18.7. The van der Waals surface area contributed by atoms with Gasteiger partial charge in [-0.1, -0.05) is 66.2 Å². The van der Waals surface area contributed by atoms with Crippen LogP contribution in [0.2, 0.25) is 0 Å². The standard InChI is InChI=1S/C28H58O5/c1-7-9-11-19-31-27(17-13-15-23(3)21-25(5)29)33-28(32-20-12-10-8-2)18-14-16-24(4)22-26(6)30/h23-30H,7-22H2,1-6H3. The maximum Gasteiger partial charge on any atom is 0.160 e. The number of aliphatic hydroxyl groups excluding tert-OH is 2. The molecule has 0 amide bonds. The fraction of sp³-hybridized carbons (Fsp3) is 1.00. The predicted octanol–water partition coefficient (Wildman–Crippen LogP) is 7.22. The lowest BCUT2D eigenvalue weighted by atomic mass is 9.97. The van der Waals surface area contributed by atoms with Gasteiger partial charge in [-0.2, -0.15) is 0 Å². The van der Waals surface area contributed by atoms with E-state index in [1.54, 1.807) is 0 Å². The van der Waals surface area contributed by atoms with Crippen LogP contribution in [0.5, 0.6) is 0 Å². The van der Waals surface area contributed by atoms with Gasteiger partial charge in [0, 0.05) is 13.2 Å². The zero-order valence-corrected chi connectivity index (χ0v) is 22.9. The molecule has 0 heterocycles. The first kappa shape index (κ1) is 32.8. The second kappa shape index (κ2) is 22.3. The molecule has 0 aromatic rings. The monoisotopic (exact) mass is 474 g/mol. The summed E-state index contributed by atoms with van der Waals surface area (Å²) in [6.07, 6.45) is 13.5. The number of hydrogen-bond donors (Lipinski definition) is 2. The van der Waals surface area contributed by atoms with Gasteiger partial charge in [0.15, 0.2) is 12.6 Å². The fourth-order valence-electron chi connectivity index (χ4n) is 4.35. The molecular formula is C28H58O5. The summed E-state index contributed by atoms with van der Waals surface area (Å²) in [4.78, 5) is 0. The van der Waals surface area contributed by atoms with Crippen LogP contribution in [0.4, 0.5) is 0 Å². The molecule has 5 nitrogen and oxygen atoms in total. The Bertz CT molecular complexity index is 366. The molecule has 200 valence electrons. The van der Waals surface area contributed by atoms with Crippen molar-refractivity contribution in [3.8, 4) is 0 Å². The Balaban J connectivity index is 4.76. The summed E-state index contributed by atoms with van der Waals surface area (Å²) in [5.74, 6) is 1.00. The molecular weight excluding hydrogens is 416 g/mol. The van der Waals surface area contributed by atoms with Crippen LogP contribution in [-0.2, 0) is 14.2 Å². The number of unbranched alkanes of at least 4 members (excludes halogenated alkanes) is 4. The highest BCUT2D eigenvalue weighted by Gasteiger charge is 2.19. The van der Waals surface area contributed by atoms with Crippen molar-refractivity contribution in [3.63, 3.8) is 0 Å². The summed E-state index contributed by atoms with van der Waals surface area (Å²) in [5.41, 5.74) is 0. The van der Waals surface area contributed by atoms with Gasteiger partial charge < -0.3 is 24.4 Å². The van der Waals surface area contributed by atoms with Crippen molar-refractivity contribution >= 4 is 0 Å². The van der Waals surface area contributed by atoms with E-state index in [1.165, 1.54) is 25.7 Å². The summed E-state index contributed by atoms with van der Waals surface area (Å²) in [5, 5.41) is 19.3. The van der Waals surface area contributed by atoms with Crippen molar-refractivity contribution in [1.82, 2.24) is 0 Å². The molecule has 0 aliphatic heterocycles. The quantitative estimate of drug-likeness (QED) is 0.114. The average molecular weight is 475 g/mol. The minimum Gasteiger partial charge on any atom is -0.393 e. The highest BCUT2D eigenvalue weighted by molar-refractivity contribution is 4.62. The highest BCUT2D eigenvalue weighted by atomic mass is 16.8. The van der Waals surface area contributed by atoms with Crippen LogP contribution < -0.4 is 0 Å². The second-order valence-electron chi connectivity index (χ2n) is 10.4. The van der Waals surface area contributed by atoms with Crippen LogP contribution in [0.3, 0.4) is 0 Å². The van der Waals surface area contributed by atoms with Crippen LogP contribution in [0, 0.1) is 11.8 Å². The summed E-state index contributed by atoms with van der Waals surface area (Å²) >= 11 is 0. The first-order chi connectivity index (χ1) is 15.8. The van der Waals surface area contributed by atoms with Crippen LogP contribution in [-0.4, -0.2) is 48.2 Å².